The molecule has 5 nitrogen and oxygen atoms in total. The maximum atomic E-state index is 12.3. The highest BCUT2D eigenvalue weighted by molar-refractivity contribution is 7.99. The van der Waals surface area contributed by atoms with Crippen molar-refractivity contribution in [2.75, 3.05) is 27.1 Å². The summed E-state index contributed by atoms with van der Waals surface area (Å²) in [6.45, 7) is 3.76. The number of thioether (sulfide) groups is 1. The van der Waals surface area contributed by atoms with Gasteiger partial charge in [0.25, 0.3) is 5.91 Å². The van der Waals surface area contributed by atoms with Gasteiger partial charge >= 0.3 is 0 Å². The van der Waals surface area contributed by atoms with E-state index in [9.17, 15) is 9.90 Å². The van der Waals surface area contributed by atoms with Gasteiger partial charge in [-0.1, -0.05) is 0 Å². The van der Waals surface area contributed by atoms with Crippen molar-refractivity contribution in [2.24, 2.45) is 0 Å². The minimum atomic E-state index is -0.216. The van der Waals surface area contributed by atoms with Gasteiger partial charge in [-0.25, -0.2) is 0 Å². The van der Waals surface area contributed by atoms with Crippen LogP contribution in [0.5, 0.6) is 11.5 Å². The van der Waals surface area contributed by atoms with Crippen molar-refractivity contribution in [3.05, 3.63) is 23.3 Å². The number of carbonyl (C=O) groups is 1. The molecule has 0 bridgehead atoms. The van der Waals surface area contributed by atoms with Gasteiger partial charge in [0, 0.05) is 22.4 Å². The molecule has 1 amide bonds. The number of benzene rings is 1. The number of aliphatic hydroxyl groups is 1. The highest BCUT2D eigenvalue weighted by atomic mass is 32.2. The average molecular weight is 313 g/mol. The number of hydrogen-bond donors (Lipinski definition) is 2. The number of amides is 1. The summed E-state index contributed by atoms with van der Waals surface area (Å²) in [5.41, 5.74) is 1.32. The molecule has 1 aromatic carbocycles. The van der Waals surface area contributed by atoms with E-state index in [0.717, 1.165) is 5.56 Å². The van der Waals surface area contributed by atoms with Crippen molar-refractivity contribution in [3.63, 3.8) is 0 Å². The van der Waals surface area contributed by atoms with Crippen LogP contribution in [0.4, 0.5) is 0 Å². The van der Waals surface area contributed by atoms with Gasteiger partial charge in [-0.2, -0.15) is 11.8 Å². The quantitative estimate of drug-likeness (QED) is 0.804. The maximum Gasteiger partial charge on any atom is 0.251 e. The van der Waals surface area contributed by atoms with Gasteiger partial charge in [0.05, 0.1) is 20.8 Å². The van der Waals surface area contributed by atoms with Gasteiger partial charge < -0.3 is 19.9 Å². The van der Waals surface area contributed by atoms with E-state index < -0.39 is 0 Å². The SMILES string of the molecule is COc1cc(C(=O)NC(C)C(CO)SC)cc(OC)c1C. The molecule has 0 spiro atoms. The van der Waals surface area contributed by atoms with E-state index >= 15 is 0 Å². The second kappa shape index (κ2) is 8.14. The molecule has 21 heavy (non-hydrogen) atoms. The monoisotopic (exact) mass is 313 g/mol. The van der Waals surface area contributed by atoms with Gasteiger partial charge in [-0.15, -0.1) is 0 Å². The summed E-state index contributed by atoms with van der Waals surface area (Å²) in [6.07, 6.45) is 1.90. The van der Waals surface area contributed by atoms with Crippen LogP contribution in [0.1, 0.15) is 22.8 Å². The third-order valence-corrected chi connectivity index (χ3v) is 4.58. The standard InChI is InChI=1S/C15H23NO4S/c1-9-12(19-3)6-11(7-13(9)20-4)15(18)16-10(2)14(8-17)21-5/h6-7,10,14,17H,8H2,1-5H3,(H,16,18). The van der Waals surface area contributed by atoms with E-state index in [1.165, 1.54) is 11.8 Å². The first-order valence-corrected chi connectivity index (χ1v) is 7.94. The fourth-order valence-electron chi connectivity index (χ4n) is 2.04. The lowest BCUT2D eigenvalue weighted by molar-refractivity contribution is 0.0935. The van der Waals surface area contributed by atoms with Crippen molar-refractivity contribution < 1.29 is 19.4 Å². The summed E-state index contributed by atoms with van der Waals surface area (Å²) in [7, 11) is 3.11. The molecule has 0 radical (unpaired) electrons. The van der Waals surface area contributed by atoms with Crippen molar-refractivity contribution in [3.8, 4) is 11.5 Å². The molecule has 2 unspecified atom stereocenters. The molecule has 0 aliphatic heterocycles. The number of nitrogens with one attached hydrogen (secondary N) is 1. The number of aliphatic hydroxyl groups excluding tert-OH is 1. The van der Waals surface area contributed by atoms with Crippen LogP contribution in [0.3, 0.4) is 0 Å². The van der Waals surface area contributed by atoms with E-state index in [1.54, 1.807) is 26.4 Å². The van der Waals surface area contributed by atoms with Crippen molar-refractivity contribution in [1.82, 2.24) is 5.32 Å². The van der Waals surface area contributed by atoms with Crippen LogP contribution in [0.2, 0.25) is 0 Å². The molecular weight excluding hydrogens is 290 g/mol. The van der Waals surface area contributed by atoms with E-state index in [0.29, 0.717) is 17.1 Å². The summed E-state index contributed by atoms with van der Waals surface area (Å²) in [5, 5.41) is 12.1. The molecule has 1 rings (SSSR count). The zero-order valence-electron chi connectivity index (χ0n) is 13.1. The predicted octanol–water partition coefficient (Wildman–Crippen LogP) is 1.85. The topological polar surface area (TPSA) is 67.8 Å². The van der Waals surface area contributed by atoms with Gasteiger partial charge in [0.15, 0.2) is 0 Å². The first kappa shape index (κ1) is 17.7. The van der Waals surface area contributed by atoms with E-state index in [-0.39, 0.29) is 23.8 Å². The highest BCUT2D eigenvalue weighted by Crippen LogP contribution is 2.29. The van der Waals surface area contributed by atoms with Crippen LogP contribution < -0.4 is 14.8 Å². The van der Waals surface area contributed by atoms with Gasteiger partial charge in [0.2, 0.25) is 0 Å². The Labute approximate surface area is 130 Å². The minimum absolute atomic E-state index is 0.0170. The summed E-state index contributed by atoms with van der Waals surface area (Å²) in [4.78, 5) is 12.3. The van der Waals surface area contributed by atoms with Crippen molar-refractivity contribution >= 4 is 17.7 Å². The van der Waals surface area contributed by atoms with Crippen LogP contribution >= 0.6 is 11.8 Å². The molecule has 118 valence electrons. The molecule has 0 fully saturated rings. The van der Waals surface area contributed by atoms with Crippen molar-refractivity contribution in [2.45, 2.75) is 25.1 Å². The second-order valence-electron chi connectivity index (χ2n) is 4.72. The Kier molecular flexibility index (Phi) is 6.84. The lowest BCUT2D eigenvalue weighted by Crippen LogP contribution is -2.41. The first-order chi connectivity index (χ1) is 9.98. The number of methoxy groups -OCH3 is 2. The highest BCUT2D eigenvalue weighted by Gasteiger charge is 2.20. The fourth-order valence-corrected chi connectivity index (χ4v) is 2.66. The Balaban J connectivity index is 2.97. The predicted molar refractivity (Wildman–Crippen MR) is 85.6 cm³/mol. The van der Waals surface area contributed by atoms with E-state index in [2.05, 4.69) is 5.32 Å². The zero-order chi connectivity index (χ0) is 16.0. The van der Waals surface area contributed by atoms with Gasteiger partial charge in [-0.3, -0.25) is 4.79 Å². The Morgan fingerprint density at radius 3 is 2.24 bits per heavy atom. The fraction of sp³-hybridized carbons (Fsp3) is 0.533. The molecule has 0 saturated carbocycles. The molecule has 1 aromatic rings. The first-order valence-electron chi connectivity index (χ1n) is 6.65. The molecule has 2 N–H and O–H groups in total. The van der Waals surface area contributed by atoms with Crippen LogP contribution in [-0.4, -0.2) is 49.4 Å². The van der Waals surface area contributed by atoms with E-state index in [4.69, 9.17) is 9.47 Å². The summed E-state index contributed by atoms with van der Waals surface area (Å²) in [5.74, 6) is 0.998. The van der Waals surface area contributed by atoms with Crippen LogP contribution in [0.15, 0.2) is 12.1 Å². The second-order valence-corrected chi connectivity index (χ2v) is 5.80. The molecule has 6 heteroatoms. The third-order valence-electron chi connectivity index (χ3n) is 3.41. The molecule has 0 aliphatic carbocycles. The molecule has 0 aromatic heterocycles. The van der Waals surface area contributed by atoms with Gasteiger partial charge in [-0.05, 0) is 32.2 Å². The Bertz CT molecular complexity index is 464. The molecule has 0 aliphatic rings. The number of rotatable bonds is 7. The zero-order valence-corrected chi connectivity index (χ0v) is 13.9. The van der Waals surface area contributed by atoms with Crippen LogP contribution in [0, 0.1) is 6.92 Å². The normalized spacial score (nSPS) is 13.4. The lowest BCUT2D eigenvalue weighted by Gasteiger charge is -2.21. The van der Waals surface area contributed by atoms with E-state index in [1.807, 2.05) is 20.1 Å². The Morgan fingerprint density at radius 1 is 1.33 bits per heavy atom. The maximum absolute atomic E-state index is 12.3. The van der Waals surface area contributed by atoms with Gasteiger partial charge in [0.1, 0.15) is 11.5 Å². The molecular formula is C15H23NO4S. The number of ether oxygens (including phenoxy) is 2. The van der Waals surface area contributed by atoms with Crippen LogP contribution in [-0.2, 0) is 0 Å². The smallest absolute Gasteiger partial charge is 0.251 e. The third kappa shape index (κ3) is 4.28. The molecule has 2 atom stereocenters. The largest absolute Gasteiger partial charge is 0.496 e. The number of carbonyl (C=O) groups excluding carboxylic acids is 1. The van der Waals surface area contributed by atoms with Crippen LogP contribution in [0.25, 0.3) is 0 Å². The summed E-state index contributed by atoms with van der Waals surface area (Å²) >= 11 is 1.52. The Morgan fingerprint density at radius 2 is 1.86 bits per heavy atom. The van der Waals surface area contributed by atoms with Crippen molar-refractivity contribution in [1.29, 1.82) is 0 Å². The lowest BCUT2D eigenvalue weighted by atomic mass is 10.1. The minimum Gasteiger partial charge on any atom is -0.496 e. The Hall–Kier alpha value is -1.40. The number of hydrogen-bond acceptors (Lipinski definition) is 5. The molecule has 0 saturated heterocycles. The average Bonchev–Trinajstić information content (AvgIpc) is 2.48. The molecule has 0 heterocycles. The summed E-state index contributed by atoms with van der Waals surface area (Å²) < 4.78 is 10.5. The summed E-state index contributed by atoms with van der Waals surface area (Å²) in [6, 6.07) is 3.23.